The number of hydrogen-bond acceptors (Lipinski definition) is 3. The molecule has 1 atom stereocenters. The minimum Gasteiger partial charge on any atom is -0.480 e. The third-order valence-electron chi connectivity index (χ3n) is 4.84. The second kappa shape index (κ2) is 7.45. The number of hydrogen-bond donors (Lipinski definition) is 2. The molecule has 1 heterocycles. The molecule has 1 fully saturated rings. The molecule has 1 aromatic carbocycles. The number of nitrogens with two attached hydrogens (primary N) is 1. The first-order valence-corrected chi connectivity index (χ1v) is 8.56. The van der Waals surface area contributed by atoms with Crippen molar-refractivity contribution >= 4 is 5.97 Å². The predicted octanol–water partition coefficient (Wildman–Crippen LogP) is 3.00. The van der Waals surface area contributed by atoms with Crippen LogP contribution in [0.25, 0.3) is 0 Å². The highest BCUT2D eigenvalue weighted by atomic mass is 16.4. The third-order valence-corrected chi connectivity index (χ3v) is 4.84. The first-order valence-electron chi connectivity index (χ1n) is 8.56. The zero-order valence-corrected chi connectivity index (χ0v) is 14.6. The Morgan fingerprint density at radius 3 is 2.30 bits per heavy atom. The van der Waals surface area contributed by atoms with Crippen LogP contribution in [0.3, 0.4) is 0 Å². The summed E-state index contributed by atoms with van der Waals surface area (Å²) in [7, 11) is 0. The van der Waals surface area contributed by atoms with Crippen molar-refractivity contribution in [1.29, 1.82) is 0 Å². The van der Waals surface area contributed by atoms with Gasteiger partial charge in [-0.3, -0.25) is 9.69 Å². The molecule has 0 aliphatic carbocycles. The van der Waals surface area contributed by atoms with Crippen LogP contribution in [0, 0.1) is 5.92 Å². The van der Waals surface area contributed by atoms with Crippen LogP contribution in [0.1, 0.15) is 51.2 Å². The smallest absolute Gasteiger partial charge is 0.320 e. The van der Waals surface area contributed by atoms with Gasteiger partial charge in [-0.25, -0.2) is 0 Å². The highest BCUT2D eigenvalue weighted by Gasteiger charge is 2.23. The number of aliphatic carboxylic acids is 1. The molecule has 128 valence electrons. The summed E-state index contributed by atoms with van der Waals surface area (Å²) < 4.78 is 0. The number of likely N-dealkylation sites (tertiary alicyclic amines) is 1. The van der Waals surface area contributed by atoms with Crippen molar-refractivity contribution in [2.45, 2.75) is 58.0 Å². The molecule has 0 aromatic heterocycles. The normalized spacial score (nSPS) is 18.8. The molecule has 0 radical (unpaired) electrons. The highest BCUT2D eigenvalue weighted by Crippen LogP contribution is 2.25. The molecule has 0 saturated carbocycles. The Morgan fingerprint density at radius 1 is 1.26 bits per heavy atom. The van der Waals surface area contributed by atoms with Crippen molar-refractivity contribution in [3.8, 4) is 0 Å². The molecule has 0 spiro atoms. The van der Waals surface area contributed by atoms with Crippen molar-refractivity contribution in [3.05, 3.63) is 35.4 Å². The fourth-order valence-corrected chi connectivity index (χ4v) is 3.21. The van der Waals surface area contributed by atoms with E-state index in [1.165, 1.54) is 11.1 Å². The van der Waals surface area contributed by atoms with Gasteiger partial charge in [-0.05, 0) is 54.8 Å². The average molecular weight is 318 g/mol. The van der Waals surface area contributed by atoms with Gasteiger partial charge < -0.3 is 10.8 Å². The Kier molecular flexibility index (Phi) is 5.82. The maximum atomic E-state index is 10.8. The van der Waals surface area contributed by atoms with E-state index in [4.69, 9.17) is 10.8 Å². The SMILES string of the molecule is CC(C)(C)c1ccc(CN2CCC(CC(N)C(=O)O)CC2)cc1. The summed E-state index contributed by atoms with van der Waals surface area (Å²) in [5, 5.41) is 8.90. The second-order valence-corrected chi connectivity index (χ2v) is 7.85. The lowest BCUT2D eigenvalue weighted by Crippen LogP contribution is -2.38. The summed E-state index contributed by atoms with van der Waals surface area (Å²) >= 11 is 0. The number of nitrogens with zero attached hydrogens (tertiary/aromatic N) is 1. The van der Waals surface area contributed by atoms with Crippen LogP contribution in [0.2, 0.25) is 0 Å². The summed E-state index contributed by atoms with van der Waals surface area (Å²) in [5.41, 5.74) is 8.55. The van der Waals surface area contributed by atoms with E-state index in [1.807, 2.05) is 0 Å². The Balaban J connectivity index is 1.81. The van der Waals surface area contributed by atoms with E-state index in [2.05, 4.69) is 49.9 Å². The van der Waals surface area contributed by atoms with Gasteiger partial charge in [0, 0.05) is 6.54 Å². The third kappa shape index (κ3) is 5.33. The quantitative estimate of drug-likeness (QED) is 0.876. The predicted molar refractivity (Wildman–Crippen MR) is 93.4 cm³/mol. The summed E-state index contributed by atoms with van der Waals surface area (Å²) in [5.74, 6) is -0.438. The molecule has 1 aliphatic heterocycles. The lowest BCUT2D eigenvalue weighted by molar-refractivity contribution is -0.139. The van der Waals surface area contributed by atoms with Crippen LogP contribution in [0.5, 0.6) is 0 Å². The molecule has 23 heavy (non-hydrogen) atoms. The number of rotatable bonds is 5. The number of carboxylic acids is 1. The lowest BCUT2D eigenvalue weighted by atomic mass is 9.86. The van der Waals surface area contributed by atoms with Gasteiger partial charge in [0.2, 0.25) is 0 Å². The van der Waals surface area contributed by atoms with E-state index in [9.17, 15) is 4.79 Å². The van der Waals surface area contributed by atoms with Gasteiger partial charge in [0.05, 0.1) is 0 Å². The van der Waals surface area contributed by atoms with Gasteiger partial charge in [0.15, 0.2) is 0 Å². The Morgan fingerprint density at radius 2 is 1.83 bits per heavy atom. The van der Waals surface area contributed by atoms with Crippen molar-refractivity contribution < 1.29 is 9.90 Å². The summed E-state index contributed by atoms with van der Waals surface area (Å²) in [6.07, 6.45) is 2.69. The first-order chi connectivity index (χ1) is 10.8. The van der Waals surface area contributed by atoms with Crippen molar-refractivity contribution in [2.75, 3.05) is 13.1 Å². The van der Waals surface area contributed by atoms with Gasteiger partial charge in [-0.15, -0.1) is 0 Å². The number of carboxylic acid groups (broad SMARTS) is 1. The van der Waals surface area contributed by atoms with Crippen LogP contribution >= 0.6 is 0 Å². The minimum absolute atomic E-state index is 0.194. The van der Waals surface area contributed by atoms with E-state index in [0.717, 1.165) is 32.5 Å². The molecule has 1 unspecified atom stereocenters. The summed E-state index contributed by atoms with van der Waals surface area (Å²) in [6, 6.07) is 8.21. The molecule has 1 aromatic rings. The second-order valence-electron chi connectivity index (χ2n) is 7.85. The molecule has 0 amide bonds. The van der Waals surface area contributed by atoms with Gasteiger partial charge in [0.1, 0.15) is 6.04 Å². The molecule has 4 heteroatoms. The molecule has 4 nitrogen and oxygen atoms in total. The minimum atomic E-state index is -0.883. The van der Waals surface area contributed by atoms with Gasteiger partial charge in [-0.2, -0.15) is 0 Å². The standard InChI is InChI=1S/C19H30N2O2/c1-19(2,3)16-6-4-15(5-7-16)13-21-10-8-14(9-11-21)12-17(20)18(22)23/h4-7,14,17H,8-13,20H2,1-3H3,(H,22,23). The van der Waals surface area contributed by atoms with Crippen LogP contribution in [-0.4, -0.2) is 35.1 Å². The first kappa shape index (κ1) is 18.0. The summed E-state index contributed by atoms with van der Waals surface area (Å²) in [4.78, 5) is 13.3. The average Bonchev–Trinajstić information content (AvgIpc) is 2.49. The molecule has 2 rings (SSSR count). The molecular formula is C19H30N2O2. The van der Waals surface area contributed by atoms with Crippen molar-refractivity contribution in [1.82, 2.24) is 4.90 Å². The number of carbonyl (C=O) groups is 1. The molecule has 0 bridgehead atoms. The monoisotopic (exact) mass is 318 g/mol. The molecule has 1 saturated heterocycles. The largest absolute Gasteiger partial charge is 0.480 e. The summed E-state index contributed by atoms with van der Waals surface area (Å²) in [6.45, 7) is 9.72. The Bertz CT molecular complexity index is 511. The molecule has 3 N–H and O–H groups in total. The highest BCUT2D eigenvalue weighted by molar-refractivity contribution is 5.73. The van der Waals surface area contributed by atoms with Gasteiger partial charge in [-0.1, -0.05) is 45.0 Å². The van der Waals surface area contributed by atoms with Crippen molar-refractivity contribution in [2.24, 2.45) is 11.7 Å². The van der Waals surface area contributed by atoms with E-state index in [0.29, 0.717) is 12.3 Å². The van der Waals surface area contributed by atoms with E-state index in [1.54, 1.807) is 0 Å². The van der Waals surface area contributed by atoms with E-state index >= 15 is 0 Å². The van der Waals surface area contributed by atoms with E-state index in [-0.39, 0.29) is 5.41 Å². The molecular weight excluding hydrogens is 288 g/mol. The fraction of sp³-hybridized carbons (Fsp3) is 0.632. The number of benzene rings is 1. The van der Waals surface area contributed by atoms with Crippen LogP contribution in [0.4, 0.5) is 0 Å². The zero-order valence-electron chi connectivity index (χ0n) is 14.6. The lowest BCUT2D eigenvalue weighted by Gasteiger charge is -2.32. The fourth-order valence-electron chi connectivity index (χ4n) is 3.21. The maximum absolute atomic E-state index is 10.8. The number of piperidine rings is 1. The van der Waals surface area contributed by atoms with Crippen LogP contribution < -0.4 is 5.73 Å². The van der Waals surface area contributed by atoms with E-state index < -0.39 is 12.0 Å². The topological polar surface area (TPSA) is 66.6 Å². The maximum Gasteiger partial charge on any atom is 0.320 e. The zero-order chi connectivity index (χ0) is 17.0. The van der Waals surface area contributed by atoms with Crippen LogP contribution in [-0.2, 0) is 16.8 Å². The van der Waals surface area contributed by atoms with Crippen molar-refractivity contribution in [3.63, 3.8) is 0 Å². The van der Waals surface area contributed by atoms with Crippen LogP contribution in [0.15, 0.2) is 24.3 Å². The van der Waals surface area contributed by atoms with Gasteiger partial charge in [0.25, 0.3) is 0 Å². The molecule has 1 aliphatic rings. The Labute approximate surface area is 139 Å². The Hall–Kier alpha value is -1.39. The van der Waals surface area contributed by atoms with Gasteiger partial charge >= 0.3 is 5.97 Å².